The van der Waals surface area contributed by atoms with Gasteiger partial charge in [0.15, 0.2) is 0 Å². The van der Waals surface area contributed by atoms with E-state index in [9.17, 15) is 0 Å². The van der Waals surface area contributed by atoms with Crippen LogP contribution >= 0.6 is 0 Å². The molecule has 0 amide bonds. The molecule has 4 heteroatoms. The maximum Gasteiger partial charge on any atom is 0.0775 e. The summed E-state index contributed by atoms with van der Waals surface area (Å²) in [7, 11) is -1.32. The Morgan fingerprint density at radius 3 is 2.68 bits per heavy atom. The van der Waals surface area contributed by atoms with Crippen LogP contribution in [-0.2, 0) is 20.1 Å². The van der Waals surface area contributed by atoms with E-state index in [1.54, 1.807) is 0 Å². The van der Waals surface area contributed by atoms with Crippen molar-refractivity contribution in [3.8, 4) is 0 Å². The Bertz CT molecular complexity index is 983. The second-order valence-corrected chi connectivity index (χ2v) is 11.6. The molecule has 0 atom stereocenters. The third-order valence-corrected chi connectivity index (χ3v) is 6.18. The Balaban J connectivity index is 0.00000144. The van der Waals surface area contributed by atoms with Crippen LogP contribution in [0, 0.1) is 6.07 Å². The number of nitrogens with zero attached hydrogens (tertiary/aromatic N) is 2. The van der Waals surface area contributed by atoms with Crippen LogP contribution in [0.2, 0.25) is 19.6 Å². The molecule has 4 aromatic rings. The molecule has 2 nitrogen and oxygen atoms in total. The van der Waals surface area contributed by atoms with Crippen LogP contribution in [0.5, 0.6) is 0 Å². The molecule has 0 aliphatic heterocycles. The van der Waals surface area contributed by atoms with Crippen molar-refractivity contribution in [2.45, 2.75) is 19.6 Å². The number of fused-ring (bicyclic) bond motifs is 6. The third kappa shape index (κ3) is 2.23. The molecule has 2 aromatic carbocycles. The summed E-state index contributed by atoms with van der Waals surface area (Å²) < 4.78 is 2.17. The van der Waals surface area contributed by atoms with E-state index < -0.39 is 8.07 Å². The van der Waals surface area contributed by atoms with Crippen molar-refractivity contribution >= 4 is 40.6 Å². The zero-order valence-electron chi connectivity index (χ0n) is 12.8. The van der Waals surface area contributed by atoms with Crippen LogP contribution in [0.25, 0.3) is 27.3 Å². The van der Waals surface area contributed by atoms with Crippen molar-refractivity contribution in [3.63, 3.8) is 0 Å². The number of hydrogen-bond donors (Lipinski definition) is 0. The van der Waals surface area contributed by atoms with E-state index in [4.69, 9.17) is 0 Å². The molecule has 0 fully saturated rings. The van der Waals surface area contributed by atoms with Gasteiger partial charge in [0.2, 0.25) is 0 Å². The summed E-state index contributed by atoms with van der Waals surface area (Å²) in [4.78, 5) is 4.51. The van der Waals surface area contributed by atoms with Crippen LogP contribution in [0.4, 0.5) is 0 Å². The first kappa shape index (κ1) is 15.4. The first-order chi connectivity index (χ1) is 10.1. The van der Waals surface area contributed by atoms with Gasteiger partial charge in [0, 0.05) is 38.0 Å². The van der Waals surface area contributed by atoms with Gasteiger partial charge in [0.25, 0.3) is 0 Å². The summed E-state index contributed by atoms with van der Waals surface area (Å²) >= 11 is 0. The minimum absolute atomic E-state index is 0. The average molecular weight is 482 g/mol. The van der Waals surface area contributed by atoms with Crippen LogP contribution in [0.15, 0.2) is 48.8 Å². The standard InChI is InChI=1S/C18H17N2Si.Ir/c1-21(2,3)13-8-9-17-16(12-13)14-6-4-5-7-15(14)18-19-10-11-20(17)18;/h4-6,8-12H,1-3H3;/q-1;. The Kier molecular flexibility index (Phi) is 3.72. The van der Waals surface area contributed by atoms with E-state index >= 15 is 0 Å². The summed E-state index contributed by atoms with van der Waals surface area (Å²) in [6, 6.07) is 16.5. The largest absolute Gasteiger partial charge is 0.340 e. The molecule has 22 heavy (non-hydrogen) atoms. The fourth-order valence-corrected chi connectivity index (χ4v) is 4.12. The van der Waals surface area contributed by atoms with Crippen LogP contribution in [-0.4, -0.2) is 17.5 Å². The number of aromatic nitrogens is 2. The molecule has 2 heterocycles. The van der Waals surface area contributed by atoms with Gasteiger partial charge in [-0.15, -0.1) is 29.7 Å². The number of hydrogen-bond acceptors (Lipinski definition) is 1. The van der Waals surface area contributed by atoms with Gasteiger partial charge in [-0.1, -0.05) is 42.3 Å². The van der Waals surface area contributed by atoms with Crippen molar-refractivity contribution < 1.29 is 20.1 Å². The van der Waals surface area contributed by atoms with E-state index in [1.807, 2.05) is 18.5 Å². The van der Waals surface area contributed by atoms with Gasteiger partial charge in [-0.05, 0) is 11.5 Å². The molecule has 0 spiro atoms. The second kappa shape index (κ2) is 5.30. The third-order valence-electron chi connectivity index (χ3n) is 4.13. The zero-order valence-corrected chi connectivity index (χ0v) is 16.2. The summed E-state index contributed by atoms with van der Waals surface area (Å²) in [6.07, 6.45) is 3.90. The van der Waals surface area contributed by atoms with Gasteiger partial charge in [0.05, 0.1) is 13.7 Å². The average Bonchev–Trinajstić information content (AvgIpc) is 2.96. The monoisotopic (exact) mass is 482 g/mol. The number of imidazole rings is 1. The van der Waals surface area contributed by atoms with E-state index in [0.717, 1.165) is 11.0 Å². The zero-order chi connectivity index (χ0) is 14.6. The van der Waals surface area contributed by atoms with Crippen molar-refractivity contribution in [2.24, 2.45) is 0 Å². The van der Waals surface area contributed by atoms with E-state index in [0.29, 0.717) is 0 Å². The SMILES string of the molecule is C[Si](C)(C)c1ccc2c(c1)c1ccc[c-]c1c1nccn21.[Ir]. The predicted molar refractivity (Wildman–Crippen MR) is 92.0 cm³/mol. The molecule has 0 aliphatic rings. The maximum absolute atomic E-state index is 4.51. The van der Waals surface area contributed by atoms with Crippen molar-refractivity contribution in [2.75, 3.05) is 0 Å². The van der Waals surface area contributed by atoms with Crippen molar-refractivity contribution in [1.82, 2.24) is 9.38 Å². The minimum atomic E-state index is -1.32. The minimum Gasteiger partial charge on any atom is -0.340 e. The smallest absolute Gasteiger partial charge is 0.0775 e. The molecular weight excluding hydrogens is 465 g/mol. The van der Waals surface area contributed by atoms with Crippen LogP contribution < -0.4 is 5.19 Å². The fraction of sp³-hybridized carbons (Fsp3) is 0.167. The molecular formula is C18H17IrN2Si-. The molecule has 0 unspecified atom stereocenters. The van der Waals surface area contributed by atoms with Gasteiger partial charge in [-0.2, -0.15) is 0 Å². The first-order valence-electron chi connectivity index (χ1n) is 7.25. The first-order valence-corrected chi connectivity index (χ1v) is 10.8. The van der Waals surface area contributed by atoms with Crippen molar-refractivity contribution in [3.05, 3.63) is 54.9 Å². The maximum atomic E-state index is 4.51. The van der Waals surface area contributed by atoms with Gasteiger partial charge < -0.3 is 4.40 Å². The van der Waals surface area contributed by atoms with Crippen molar-refractivity contribution in [1.29, 1.82) is 0 Å². The summed E-state index contributed by atoms with van der Waals surface area (Å²) in [5.41, 5.74) is 2.20. The molecule has 0 saturated heterocycles. The van der Waals surface area contributed by atoms with Crippen LogP contribution in [0.3, 0.4) is 0 Å². The number of benzene rings is 2. The van der Waals surface area contributed by atoms with E-state index in [2.05, 4.69) is 65.4 Å². The van der Waals surface area contributed by atoms with Gasteiger partial charge in [0.1, 0.15) is 0 Å². The normalized spacial score (nSPS) is 12.0. The van der Waals surface area contributed by atoms with Crippen LogP contribution in [0.1, 0.15) is 0 Å². The number of rotatable bonds is 1. The molecule has 0 saturated carbocycles. The second-order valence-electron chi connectivity index (χ2n) is 6.56. The van der Waals surface area contributed by atoms with Gasteiger partial charge in [-0.3, -0.25) is 4.98 Å². The molecule has 113 valence electrons. The molecule has 4 rings (SSSR count). The Hall–Kier alpha value is -1.48. The topological polar surface area (TPSA) is 17.3 Å². The van der Waals surface area contributed by atoms with E-state index in [-0.39, 0.29) is 20.1 Å². The molecule has 1 radical (unpaired) electrons. The molecule has 0 N–H and O–H groups in total. The van der Waals surface area contributed by atoms with E-state index in [1.165, 1.54) is 21.5 Å². The Morgan fingerprint density at radius 1 is 1.09 bits per heavy atom. The number of pyridine rings is 1. The Labute approximate surface area is 144 Å². The summed E-state index contributed by atoms with van der Waals surface area (Å²) in [5.74, 6) is 0. The molecule has 0 aliphatic carbocycles. The van der Waals surface area contributed by atoms with Gasteiger partial charge in [-0.25, -0.2) is 0 Å². The predicted octanol–water partition coefficient (Wildman–Crippen LogP) is 3.98. The quantitative estimate of drug-likeness (QED) is 0.228. The summed E-state index contributed by atoms with van der Waals surface area (Å²) in [6.45, 7) is 7.16. The molecule has 2 aromatic heterocycles. The van der Waals surface area contributed by atoms with Gasteiger partial charge >= 0.3 is 0 Å². The summed E-state index contributed by atoms with van der Waals surface area (Å²) in [5, 5.41) is 5.13. The fourth-order valence-electron chi connectivity index (χ4n) is 2.96. The Morgan fingerprint density at radius 2 is 1.91 bits per heavy atom. The molecule has 0 bridgehead atoms.